The lowest BCUT2D eigenvalue weighted by Crippen LogP contribution is -2.24. The normalized spacial score (nSPS) is 14.2. The molecule has 1 saturated carbocycles. The van der Waals surface area contributed by atoms with Crippen molar-refractivity contribution in [3.8, 4) is 11.5 Å². The van der Waals surface area contributed by atoms with Crippen LogP contribution >= 0.6 is 0 Å². The van der Waals surface area contributed by atoms with Crippen LogP contribution in [-0.2, 0) is 4.79 Å². The number of para-hydroxylation sites is 3. The lowest BCUT2D eigenvalue weighted by molar-refractivity contribution is -0.120. The van der Waals surface area contributed by atoms with Gasteiger partial charge in [0, 0.05) is 5.92 Å². The van der Waals surface area contributed by atoms with Gasteiger partial charge in [-0.3, -0.25) is 4.79 Å². The quantitative estimate of drug-likeness (QED) is 0.533. The lowest BCUT2D eigenvalue weighted by Gasteiger charge is -2.20. The predicted octanol–water partition coefficient (Wildman–Crippen LogP) is 6.14. The molecule has 0 saturated heterocycles. The van der Waals surface area contributed by atoms with Gasteiger partial charge in [0.25, 0.3) is 0 Å². The summed E-state index contributed by atoms with van der Waals surface area (Å²) in [6.07, 6.45) is 7.17. The summed E-state index contributed by atoms with van der Waals surface area (Å²) in [6, 6.07) is 21.1. The SMILES string of the molecule is O=C(Nc1ccc(Nc2ccccc2Oc2ccccc2)nc1)C1CCCCC1. The first-order valence-corrected chi connectivity index (χ1v) is 10.1. The van der Waals surface area contributed by atoms with Gasteiger partial charge in [0.1, 0.15) is 11.6 Å². The van der Waals surface area contributed by atoms with Crippen LogP contribution in [0.3, 0.4) is 0 Å². The molecule has 4 rings (SSSR count). The average molecular weight is 387 g/mol. The van der Waals surface area contributed by atoms with Crippen molar-refractivity contribution in [2.45, 2.75) is 32.1 Å². The highest BCUT2D eigenvalue weighted by Gasteiger charge is 2.21. The van der Waals surface area contributed by atoms with Crippen molar-refractivity contribution in [2.75, 3.05) is 10.6 Å². The molecule has 0 aliphatic heterocycles. The first kappa shape index (κ1) is 19.0. The number of carbonyl (C=O) groups is 1. The summed E-state index contributed by atoms with van der Waals surface area (Å²) in [5, 5.41) is 6.28. The molecule has 0 atom stereocenters. The molecule has 0 unspecified atom stereocenters. The number of carbonyl (C=O) groups excluding carboxylic acids is 1. The maximum Gasteiger partial charge on any atom is 0.227 e. The molecule has 3 aromatic rings. The minimum atomic E-state index is 0.105. The molecule has 1 amide bonds. The zero-order valence-electron chi connectivity index (χ0n) is 16.3. The third kappa shape index (κ3) is 5.13. The molecular formula is C24H25N3O2. The predicted molar refractivity (Wildman–Crippen MR) is 116 cm³/mol. The molecule has 1 aliphatic rings. The monoisotopic (exact) mass is 387 g/mol. The van der Waals surface area contributed by atoms with Crippen LogP contribution < -0.4 is 15.4 Å². The van der Waals surface area contributed by atoms with Gasteiger partial charge in [0.05, 0.1) is 17.6 Å². The van der Waals surface area contributed by atoms with Crippen LogP contribution in [0.5, 0.6) is 11.5 Å². The van der Waals surface area contributed by atoms with Gasteiger partial charge in [-0.2, -0.15) is 0 Å². The summed E-state index contributed by atoms with van der Waals surface area (Å²) in [7, 11) is 0. The minimum absolute atomic E-state index is 0.105. The van der Waals surface area contributed by atoms with Crippen molar-refractivity contribution in [1.82, 2.24) is 4.98 Å². The fourth-order valence-corrected chi connectivity index (χ4v) is 3.56. The topological polar surface area (TPSA) is 63.2 Å². The molecule has 148 valence electrons. The van der Waals surface area contributed by atoms with Gasteiger partial charge in [-0.25, -0.2) is 4.98 Å². The smallest absolute Gasteiger partial charge is 0.227 e. The molecule has 1 aliphatic carbocycles. The third-order valence-corrected chi connectivity index (χ3v) is 5.13. The van der Waals surface area contributed by atoms with Gasteiger partial charge >= 0.3 is 0 Å². The van der Waals surface area contributed by atoms with Crippen molar-refractivity contribution < 1.29 is 9.53 Å². The summed E-state index contributed by atoms with van der Waals surface area (Å²) in [6.45, 7) is 0. The van der Waals surface area contributed by atoms with E-state index >= 15 is 0 Å². The van der Waals surface area contributed by atoms with Gasteiger partial charge < -0.3 is 15.4 Å². The van der Waals surface area contributed by atoms with Crippen molar-refractivity contribution in [1.29, 1.82) is 0 Å². The minimum Gasteiger partial charge on any atom is -0.455 e. The van der Waals surface area contributed by atoms with Gasteiger partial charge in [0.2, 0.25) is 5.91 Å². The van der Waals surface area contributed by atoms with Crippen LogP contribution in [0.2, 0.25) is 0 Å². The van der Waals surface area contributed by atoms with Gasteiger partial charge in [-0.15, -0.1) is 0 Å². The third-order valence-electron chi connectivity index (χ3n) is 5.13. The molecular weight excluding hydrogens is 362 g/mol. The average Bonchev–Trinajstić information content (AvgIpc) is 2.78. The second-order valence-corrected chi connectivity index (χ2v) is 7.29. The molecule has 5 nitrogen and oxygen atoms in total. The van der Waals surface area contributed by atoms with E-state index < -0.39 is 0 Å². The Morgan fingerprint density at radius 3 is 2.41 bits per heavy atom. The fourth-order valence-electron chi connectivity index (χ4n) is 3.56. The van der Waals surface area contributed by atoms with Crippen molar-refractivity contribution in [3.05, 3.63) is 72.9 Å². The Kier molecular flexibility index (Phi) is 6.05. The van der Waals surface area contributed by atoms with Crippen LogP contribution in [0, 0.1) is 5.92 Å². The highest BCUT2D eigenvalue weighted by Crippen LogP contribution is 2.31. The van der Waals surface area contributed by atoms with E-state index in [-0.39, 0.29) is 11.8 Å². The number of pyridine rings is 1. The Morgan fingerprint density at radius 2 is 1.66 bits per heavy atom. The van der Waals surface area contributed by atoms with Crippen LogP contribution in [0.1, 0.15) is 32.1 Å². The van der Waals surface area contributed by atoms with E-state index in [4.69, 9.17) is 4.74 Å². The molecule has 1 fully saturated rings. The van der Waals surface area contributed by atoms with E-state index in [2.05, 4.69) is 15.6 Å². The summed E-state index contributed by atoms with van der Waals surface area (Å²) in [5.74, 6) is 2.41. The molecule has 0 bridgehead atoms. The van der Waals surface area contributed by atoms with Gasteiger partial charge in [0.15, 0.2) is 5.75 Å². The maximum absolute atomic E-state index is 12.4. The van der Waals surface area contributed by atoms with Gasteiger partial charge in [-0.05, 0) is 49.2 Å². The van der Waals surface area contributed by atoms with E-state index in [1.165, 1.54) is 6.42 Å². The van der Waals surface area contributed by atoms with E-state index in [0.717, 1.165) is 48.6 Å². The molecule has 2 aromatic carbocycles. The molecule has 1 aromatic heterocycles. The Labute approximate surface area is 171 Å². The second kappa shape index (κ2) is 9.24. The Balaban J connectivity index is 1.41. The number of hydrogen-bond donors (Lipinski definition) is 2. The van der Waals surface area contributed by atoms with Crippen molar-refractivity contribution in [3.63, 3.8) is 0 Å². The van der Waals surface area contributed by atoms with Crippen LogP contribution in [0.15, 0.2) is 72.9 Å². The van der Waals surface area contributed by atoms with E-state index in [0.29, 0.717) is 5.82 Å². The summed E-state index contributed by atoms with van der Waals surface area (Å²) in [4.78, 5) is 16.8. The number of nitrogens with zero attached hydrogens (tertiary/aromatic N) is 1. The first-order valence-electron chi connectivity index (χ1n) is 10.1. The standard InChI is InChI=1S/C24H25N3O2/c28-24(18-9-3-1-4-10-18)26-19-15-16-23(25-17-19)27-21-13-7-8-14-22(21)29-20-11-5-2-6-12-20/h2,5-8,11-18H,1,3-4,9-10H2,(H,25,27)(H,26,28). The zero-order valence-corrected chi connectivity index (χ0v) is 16.3. The van der Waals surface area contributed by atoms with E-state index in [9.17, 15) is 4.79 Å². The van der Waals surface area contributed by atoms with Crippen LogP contribution in [-0.4, -0.2) is 10.9 Å². The molecule has 5 heteroatoms. The van der Waals surface area contributed by atoms with Crippen LogP contribution in [0.25, 0.3) is 0 Å². The van der Waals surface area contributed by atoms with Crippen LogP contribution in [0.4, 0.5) is 17.2 Å². The second-order valence-electron chi connectivity index (χ2n) is 7.29. The van der Waals surface area contributed by atoms with E-state index in [1.807, 2.05) is 66.7 Å². The molecule has 0 spiro atoms. The number of ether oxygens (including phenoxy) is 1. The number of anilines is 3. The molecule has 2 N–H and O–H groups in total. The Morgan fingerprint density at radius 1 is 0.897 bits per heavy atom. The van der Waals surface area contributed by atoms with Crippen molar-refractivity contribution >= 4 is 23.1 Å². The number of amides is 1. The number of benzene rings is 2. The van der Waals surface area contributed by atoms with E-state index in [1.54, 1.807) is 6.20 Å². The zero-order chi connectivity index (χ0) is 19.9. The lowest BCUT2D eigenvalue weighted by atomic mass is 9.88. The maximum atomic E-state index is 12.4. The number of rotatable bonds is 6. The first-order chi connectivity index (χ1) is 14.3. The fraction of sp³-hybridized carbons (Fsp3) is 0.250. The summed E-state index contributed by atoms with van der Waals surface area (Å²) < 4.78 is 5.98. The Hall–Kier alpha value is -3.34. The largest absolute Gasteiger partial charge is 0.455 e. The molecule has 0 radical (unpaired) electrons. The highest BCUT2D eigenvalue weighted by atomic mass is 16.5. The van der Waals surface area contributed by atoms with Crippen molar-refractivity contribution in [2.24, 2.45) is 5.92 Å². The number of hydrogen-bond acceptors (Lipinski definition) is 4. The highest BCUT2D eigenvalue weighted by molar-refractivity contribution is 5.92. The van der Waals surface area contributed by atoms with Gasteiger partial charge in [-0.1, -0.05) is 49.6 Å². The summed E-state index contributed by atoms with van der Waals surface area (Å²) >= 11 is 0. The molecule has 1 heterocycles. The molecule has 29 heavy (non-hydrogen) atoms. The Bertz CT molecular complexity index is 936. The number of aromatic nitrogens is 1. The summed E-state index contributed by atoms with van der Waals surface area (Å²) in [5.41, 5.74) is 1.54. The number of nitrogens with one attached hydrogen (secondary N) is 2.